The monoisotopic (exact) mass is 176 g/mol. The molecule has 0 radical (unpaired) electrons. The van der Waals surface area contributed by atoms with E-state index in [-0.39, 0.29) is 18.5 Å². The van der Waals surface area contributed by atoms with Gasteiger partial charge in [0.2, 0.25) is 0 Å². The molecule has 0 unspecified atom stereocenters. The lowest BCUT2D eigenvalue weighted by Gasteiger charge is -2.29. The van der Waals surface area contributed by atoms with Crippen LogP contribution in [-0.4, -0.2) is 36.0 Å². The van der Waals surface area contributed by atoms with Gasteiger partial charge in [0.25, 0.3) is 5.92 Å². The molecule has 0 aliphatic carbocycles. The van der Waals surface area contributed by atoms with E-state index in [1.165, 1.54) is 0 Å². The topological polar surface area (TPSA) is 29.3 Å². The third-order valence-corrected chi connectivity index (χ3v) is 3.13. The number of hydrogen-bond acceptors (Lipinski definition) is 2. The Labute approximate surface area is 70.7 Å². The summed E-state index contributed by atoms with van der Waals surface area (Å²) in [5.41, 5.74) is 5.20. The van der Waals surface area contributed by atoms with Crippen LogP contribution in [0.1, 0.15) is 19.3 Å². The van der Waals surface area contributed by atoms with Gasteiger partial charge < -0.3 is 5.73 Å². The lowest BCUT2D eigenvalue weighted by molar-refractivity contribution is 0.00969. The summed E-state index contributed by atoms with van der Waals surface area (Å²) in [7, 11) is 0. The molecule has 0 saturated carbocycles. The second-order valence-corrected chi connectivity index (χ2v) is 3.99. The van der Waals surface area contributed by atoms with Crippen molar-refractivity contribution in [2.75, 3.05) is 19.6 Å². The molecule has 2 aliphatic rings. The summed E-state index contributed by atoms with van der Waals surface area (Å²) in [4.78, 5) is 1.87. The fourth-order valence-electron chi connectivity index (χ4n) is 2.56. The van der Waals surface area contributed by atoms with Gasteiger partial charge in [0, 0.05) is 18.5 Å². The van der Waals surface area contributed by atoms with Crippen molar-refractivity contribution in [2.24, 2.45) is 5.73 Å². The van der Waals surface area contributed by atoms with E-state index in [4.69, 9.17) is 5.73 Å². The van der Waals surface area contributed by atoms with Crippen molar-refractivity contribution in [3.63, 3.8) is 0 Å². The molecule has 70 valence electrons. The third-order valence-electron chi connectivity index (χ3n) is 3.13. The Bertz CT molecular complexity index is 195. The van der Waals surface area contributed by atoms with Crippen molar-refractivity contribution >= 4 is 0 Å². The minimum Gasteiger partial charge on any atom is -0.329 e. The fourth-order valence-corrected chi connectivity index (χ4v) is 2.56. The molecule has 0 bridgehead atoms. The van der Waals surface area contributed by atoms with Crippen LogP contribution >= 0.6 is 0 Å². The first kappa shape index (κ1) is 8.38. The SMILES string of the molecule is NC[C@@]12CCCN1CC(F)(F)C2. The zero-order valence-corrected chi connectivity index (χ0v) is 7.02. The van der Waals surface area contributed by atoms with Crippen LogP contribution in [0.15, 0.2) is 0 Å². The maximum Gasteiger partial charge on any atom is 0.262 e. The van der Waals surface area contributed by atoms with E-state index in [0.717, 1.165) is 19.4 Å². The van der Waals surface area contributed by atoms with Gasteiger partial charge in [-0.1, -0.05) is 0 Å². The van der Waals surface area contributed by atoms with Crippen molar-refractivity contribution in [1.82, 2.24) is 4.90 Å². The van der Waals surface area contributed by atoms with E-state index >= 15 is 0 Å². The number of alkyl halides is 2. The summed E-state index contributed by atoms with van der Waals surface area (Å²) in [6.07, 6.45) is 1.84. The zero-order chi connectivity index (χ0) is 8.82. The summed E-state index contributed by atoms with van der Waals surface area (Å²) < 4.78 is 26.0. The van der Waals surface area contributed by atoms with Crippen molar-refractivity contribution in [2.45, 2.75) is 30.7 Å². The molecule has 1 atom stereocenters. The molecule has 4 heteroatoms. The van der Waals surface area contributed by atoms with E-state index in [1.807, 2.05) is 4.90 Å². The number of halogens is 2. The van der Waals surface area contributed by atoms with E-state index in [2.05, 4.69) is 0 Å². The minimum absolute atomic E-state index is 0.0312. The van der Waals surface area contributed by atoms with Crippen molar-refractivity contribution in [3.05, 3.63) is 0 Å². The summed E-state index contributed by atoms with van der Waals surface area (Å²) >= 11 is 0. The highest BCUT2D eigenvalue weighted by Crippen LogP contribution is 2.44. The molecule has 0 aromatic rings. The molecule has 12 heavy (non-hydrogen) atoms. The number of hydrogen-bond donors (Lipinski definition) is 1. The lowest BCUT2D eigenvalue weighted by atomic mass is 9.93. The number of fused-ring (bicyclic) bond motifs is 1. The molecule has 2 N–H and O–H groups in total. The Hall–Kier alpha value is -0.220. The van der Waals surface area contributed by atoms with Crippen LogP contribution in [0, 0.1) is 0 Å². The van der Waals surface area contributed by atoms with Gasteiger partial charge in [-0.15, -0.1) is 0 Å². The first-order valence-electron chi connectivity index (χ1n) is 4.41. The highest BCUT2D eigenvalue weighted by atomic mass is 19.3. The van der Waals surface area contributed by atoms with Crippen LogP contribution < -0.4 is 5.73 Å². The van der Waals surface area contributed by atoms with Crippen LogP contribution in [0.2, 0.25) is 0 Å². The average Bonchev–Trinajstić information content (AvgIpc) is 2.40. The van der Waals surface area contributed by atoms with E-state index < -0.39 is 5.92 Å². The van der Waals surface area contributed by atoms with Gasteiger partial charge in [-0.3, -0.25) is 4.90 Å². The van der Waals surface area contributed by atoms with Crippen molar-refractivity contribution in [1.29, 1.82) is 0 Å². The Kier molecular flexibility index (Phi) is 1.67. The summed E-state index contributed by atoms with van der Waals surface area (Å²) in [5.74, 6) is -2.50. The second kappa shape index (κ2) is 2.39. The first-order valence-corrected chi connectivity index (χ1v) is 4.41. The van der Waals surface area contributed by atoms with Gasteiger partial charge >= 0.3 is 0 Å². The predicted molar refractivity (Wildman–Crippen MR) is 42.2 cm³/mol. The molecule has 0 aromatic carbocycles. The summed E-state index contributed by atoms with van der Waals surface area (Å²) in [6.45, 7) is 1.10. The van der Waals surface area contributed by atoms with Gasteiger partial charge in [0.1, 0.15) is 0 Å². The number of nitrogens with zero attached hydrogens (tertiary/aromatic N) is 1. The quantitative estimate of drug-likeness (QED) is 0.641. The van der Waals surface area contributed by atoms with Gasteiger partial charge in [-0.25, -0.2) is 8.78 Å². The second-order valence-electron chi connectivity index (χ2n) is 3.99. The molecule has 0 spiro atoms. The van der Waals surface area contributed by atoms with Crippen LogP contribution in [0.4, 0.5) is 8.78 Å². The maximum absolute atomic E-state index is 13.0. The van der Waals surface area contributed by atoms with Gasteiger partial charge in [-0.2, -0.15) is 0 Å². The van der Waals surface area contributed by atoms with Crippen LogP contribution in [-0.2, 0) is 0 Å². The number of nitrogens with two attached hydrogens (primary N) is 1. The van der Waals surface area contributed by atoms with Crippen molar-refractivity contribution in [3.8, 4) is 0 Å². The average molecular weight is 176 g/mol. The molecular weight excluding hydrogens is 162 g/mol. The minimum atomic E-state index is -2.50. The van der Waals surface area contributed by atoms with Gasteiger partial charge in [0.05, 0.1) is 6.54 Å². The third kappa shape index (κ3) is 1.05. The molecule has 2 heterocycles. The largest absolute Gasteiger partial charge is 0.329 e. The standard InChI is InChI=1S/C8H14F2N2/c9-8(10)4-7(5-11)2-1-3-12(7)6-8/h1-6,11H2/t7-/m0/s1. The Morgan fingerprint density at radius 1 is 1.42 bits per heavy atom. The predicted octanol–water partition coefficient (Wildman–Crippen LogP) is 0.819. The molecule has 0 aromatic heterocycles. The molecule has 0 amide bonds. The Balaban J connectivity index is 2.20. The van der Waals surface area contributed by atoms with E-state index in [0.29, 0.717) is 6.54 Å². The number of rotatable bonds is 1. The Morgan fingerprint density at radius 2 is 2.17 bits per heavy atom. The van der Waals surface area contributed by atoms with E-state index in [1.54, 1.807) is 0 Å². The van der Waals surface area contributed by atoms with Crippen LogP contribution in [0.3, 0.4) is 0 Å². The zero-order valence-electron chi connectivity index (χ0n) is 7.02. The van der Waals surface area contributed by atoms with Crippen LogP contribution in [0.5, 0.6) is 0 Å². The summed E-state index contributed by atoms with van der Waals surface area (Å²) in [5, 5.41) is 0. The van der Waals surface area contributed by atoms with Gasteiger partial charge in [0.15, 0.2) is 0 Å². The highest BCUT2D eigenvalue weighted by Gasteiger charge is 2.55. The molecule has 2 fully saturated rings. The molecular formula is C8H14F2N2. The molecule has 2 nitrogen and oxygen atoms in total. The molecule has 2 saturated heterocycles. The molecule has 2 aliphatic heterocycles. The lowest BCUT2D eigenvalue weighted by Crippen LogP contribution is -2.44. The highest BCUT2D eigenvalue weighted by molar-refractivity contribution is 5.06. The normalized spacial score (nSPS) is 40.2. The van der Waals surface area contributed by atoms with E-state index in [9.17, 15) is 8.78 Å². The fraction of sp³-hybridized carbons (Fsp3) is 1.00. The first-order chi connectivity index (χ1) is 5.58. The van der Waals surface area contributed by atoms with Gasteiger partial charge in [-0.05, 0) is 19.4 Å². The summed E-state index contributed by atoms with van der Waals surface area (Å²) in [6, 6.07) is 0. The molecule has 2 rings (SSSR count). The van der Waals surface area contributed by atoms with Crippen LogP contribution in [0.25, 0.3) is 0 Å². The maximum atomic E-state index is 13.0. The Morgan fingerprint density at radius 3 is 2.75 bits per heavy atom. The smallest absolute Gasteiger partial charge is 0.262 e. The van der Waals surface area contributed by atoms with Crippen molar-refractivity contribution < 1.29 is 8.78 Å².